The largest absolute Gasteiger partial charge is 0.388 e. The van der Waals surface area contributed by atoms with E-state index in [9.17, 15) is 14.2 Å². The number of hydrogen-bond donors (Lipinski definition) is 0. The summed E-state index contributed by atoms with van der Waals surface area (Å²) in [6.07, 6.45) is 0. The quantitative estimate of drug-likeness (QED) is 0.233. The number of ether oxygens (including phenoxy) is 2. The number of carbonyl (C=O) groups excluding carboxylic acids is 3. The van der Waals surface area contributed by atoms with Gasteiger partial charge in [0.25, 0.3) is 0 Å². The summed E-state index contributed by atoms with van der Waals surface area (Å²) < 4.78 is 30.9. The Morgan fingerprint density at radius 2 is 1.15 bits per heavy atom. The third-order valence-corrected chi connectivity index (χ3v) is 7.29. The number of halogens is 2. The maximum Gasteiger partial charge on any atom is 0.360 e. The fourth-order valence-corrected chi connectivity index (χ4v) is 4.58. The standard InChI is InChI=1S/C23H19Cl2O5P.2C2H6O.CH2O/c1-14-12-16(23(27)20-13-17(24)7-11-21(20)25)6-10-19(14)22(26)15-4-8-18(9-5-15)31(28,29-2)30-3;2*1-3-2;1-2/h4-13H,1-3H3;2*1-2H3;1H2. The van der Waals surface area contributed by atoms with E-state index in [-0.39, 0.29) is 11.6 Å². The first-order chi connectivity index (χ1) is 18.5. The van der Waals surface area contributed by atoms with E-state index >= 15 is 0 Å². The van der Waals surface area contributed by atoms with Gasteiger partial charge >= 0.3 is 7.60 Å². The van der Waals surface area contributed by atoms with Crippen molar-refractivity contribution in [2.75, 3.05) is 42.7 Å². The van der Waals surface area contributed by atoms with Crippen LogP contribution in [-0.4, -0.2) is 61.0 Å². The summed E-state index contributed by atoms with van der Waals surface area (Å²) >= 11 is 12.1. The molecule has 3 aromatic carbocycles. The molecule has 11 heteroatoms. The molecule has 0 spiro atoms. The minimum absolute atomic E-state index is 0.228. The second-order valence-corrected chi connectivity index (χ2v) is 10.6. The topological polar surface area (TPSA) is 105 Å². The van der Waals surface area contributed by atoms with Crippen molar-refractivity contribution in [3.8, 4) is 0 Å². The highest BCUT2D eigenvalue weighted by molar-refractivity contribution is 7.62. The molecule has 0 aliphatic rings. The molecule has 3 aromatic rings. The first kappa shape index (κ1) is 36.3. The number of hydrogen-bond acceptors (Lipinski definition) is 8. The van der Waals surface area contributed by atoms with Gasteiger partial charge < -0.3 is 23.3 Å². The van der Waals surface area contributed by atoms with Crippen LogP contribution in [0.1, 0.15) is 37.4 Å². The van der Waals surface area contributed by atoms with Crippen LogP contribution in [0.15, 0.2) is 60.7 Å². The fourth-order valence-electron chi connectivity index (χ4n) is 3.12. The van der Waals surface area contributed by atoms with E-state index in [1.807, 2.05) is 6.79 Å². The molecule has 8 nitrogen and oxygen atoms in total. The number of benzene rings is 3. The van der Waals surface area contributed by atoms with Gasteiger partial charge in [0.1, 0.15) is 6.79 Å². The molecule has 212 valence electrons. The van der Waals surface area contributed by atoms with E-state index in [1.165, 1.54) is 32.4 Å². The molecular formula is C28H33Cl2O8P. The highest BCUT2D eigenvalue weighted by Gasteiger charge is 2.25. The van der Waals surface area contributed by atoms with Gasteiger partial charge in [0.15, 0.2) is 11.6 Å². The molecule has 0 amide bonds. The molecule has 0 atom stereocenters. The molecule has 0 bridgehead atoms. The monoisotopic (exact) mass is 598 g/mol. The van der Waals surface area contributed by atoms with Gasteiger partial charge in [-0.05, 0) is 48.9 Å². The van der Waals surface area contributed by atoms with Crippen LogP contribution < -0.4 is 5.30 Å². The maximum absolute atomic E-state index is 13.0. The fraction of sp³-hybridized carbons (Fsp3) is 0.250. The van der Waals surface area contributed by atoms with Gasteiger partial charge in [-0.3, -0.25) is 14.2 Å². The highest BCUT2D eigenvalue weighted by Crippen LogP contribution is 2.44. The predicted molar refractivity (Wildman–Crippen MR) is 155 cm³/mol. The zero-order valence-electron chi connectivity index (χ0n) is 22.9. The number of methoxy groups -OCH3 is 2. The SMILES string of the molecule is C=O.COC.COC.COP(=O)(OC)c1ccc(C(=O)c2ccc(C(=O)c3cc(Cl)ccc3Cl)cc2C)cc1. The van der Waals surface area contributed by atoms with E-state index in [0.717, 1.165) is 0 Å². The minimum atomic E-state index is -3.39. The molecule has 0 saturated carbocycles. The number of aryl methyl sites for hydroxylation is 1. The van der Waals surface area contributed by atoms with Crippen molar-refractivity contribution in [2.45, 2.75) is 6.92 Å². The molecule has 3 rings (SSSR count). The molecule has 0 unspecified atom stereocenters. The normalized spacial score (nSPS) is 10.1. The Kier molecular flexibility index (Phi) is 17.3. The van der Waals surface area contributed by atoms with Crippen molar-refractivity contribution in [2.24, 2.45) is 0 Å². The van der Waals surface area contributed by atoms with E-state index in [1.54, 1.807) is 77.8 Å². The van der Waals surface area contributed by atoms with Crippen molar-refractivity contribution in [1.82, 2.24) is 0 Å². The zero-order chi connectivity index (χ0) is 30.2. The lowest BCUT2D eigenvalue weighted by atomic mass is 9.94. The molecule has 0 saturated heterocycles. The molecule has 0 heterocycles. The summed E-state index contributed by atoms with van der Waals surface area (Å²) in [4.78, 5) is 33.8. The van der Waals surface area contributed by atoms with Crippen LogP contribution in [0.3, 0.4) is 0 Å². The lowest BCUT2D eigenvalue weighted by molar-refractivity contribution is -0.0980. The second kappa shape index (κ2) is 18.6. The van der Waals surface area contributed by atoms with Crippen LogP contribution >= 0.6 is 30.8 Å². The molecular weight excluding hydrogens is 566 g/mol. The molecule has 0 fully saturated rings. The Hall–Kier alpha value is -2.68. The maximum atomic E-state index is 13.0. The van der Waals surface area contributed by atoms with Crippen LogP contribution in [0, 0.1) is 6.92 Å². The Labute approximate surface area is 239 Å². The van der Waals surface area contributed by atoms with Crippen molar-refractivity contribution in [1.29, 1.82) is 0 Å². The van der Waals surface area contributed by atoms with Crippen LogP contribution in [-0.2, 0) is 27.9 Å². The summed E-state index contributed by atoms with van der Waals surface area (Å²) in [6, 6.07) is 15.7. The Bertz CT molecular complexity index is 1250. The summed E-state index contributed by atoms with van der Waals surface area (Å²) in [6.45, 7) is 3.75. The highest BCUT2D eigenvalue weighted by atomic mass is 35.5. The Morgan fingerprint density at radius 3 is 1.62 bits per heavy atom. The van der Waals surface area contributed by atoms with Crippen LogP contribution in [0.25, 0.3) is 0 Å². The van der Waals surface area contributed by atoms with Gasteiger partial charge in [-0.25, -0.2) is 0 Å². The van der Waals surface area contributed by atoms with E-state index in [2.05, 4.69) is 9.47 Å². The lowest BCUT2D eigenvalue weighted by Crippen LogP contribution is -2.11. The average Bonchev–Trinajstić information content (AvgIpc) is 2.95. The Morgan fingerprint density at radius 1 is 0.692 bits per heavy atom. The van der Waals surface area contributed by atoms with Crippen molar-refractivity contribution in [3.63, 3.8) is 0 Å². The first-order valence-corrected chi connectivity index (χ1v) is 13.4. The van der Waals surface area contributed by atoms with Gasteiger partial charge in [0.05, 0.1) is 10.3 Å². The predicted octanol–water partition coefficient (Wildman–Crippen LogP) is 6.22. The van der Waals surface area contributed by atoms with Gasteiger partial charge in [0.2, 0.25) is 0 Å². The van der Waals surface area contributed by atoms with Gasteiger partial charge in [-0.1, -0.05) is 47.5 Å². The molecule has 0 N–H and O–H groups in total. The van der Waals surface area contributed by atoms with Gasteiger partial charge in [0, 0.05) is 69.9 Å². The van der Waals surface area contributed by atoms with Crippen molar-refractivity contribution in [3.05, 3.63) is 98.5 Å². The van der Waals surface area contributed by atoms with E-state index < -0.39 is 7.60 Å². The second-order valence-electron chi connectivity index (χ2n) is 7.54. The van der Waals surface area contributed by atoms with E-state index in [4.69, 9.17) is 37.0 Å². The van der Waals surface area contributed by atoms with Gasteiger partial charge in [-0.15, -0.1) is 0 Å². The molecule has 0 radical (unpaired) electrons. The molecule has 0 aromatic heterocycles. The summed E-state index contributed by atoms with van der Waals surface area (Å²) in [7, 11) is 5.71. The average molecular weight is 599 g/mol. The molecule has 39 heavy (non-hydrogen) atoms. The Balaban J connectivity index is 0.00000162. The third kappa shape index (κ3) is 10.4. The minimum Gasteiger partial charge on any atom is -0.388 e. The first-order valence-electron chi connectivity index (χ1n) is 11.1. The van der Waals surface area contributed by atoms with Crippen molar-refractivity contribution < 1.29 is 37.5 Å². The number of rotatable bonds is 7. The number of carbonyl (C=O) groups is 3. The number of ketones is 2. The summed E-state index contributed by atoms with van der Waals surface area (Å²) in [5.74, 6) is -0.512. The molecule has 0 aliphatic heterocycles. The summed E-state index contributed by atoms with van der Waals surface area (Å²) in [5, 5.41) is 1.06. The smallest absolute Gasteiger partial charge is 0.360 e. The lowest BCUT2D eigenvalue weighted by Gasteiger charge is -2.14. The van der Waals surface area contributed by atoms with Crippen LogP contribution in [0.2, 0.25) is 10.0 Å². The molecule has 0 aliphatic carbocycles. The van der Waals surface area contributed by atoms with E-state index in [0.29, 0.717) is 43.2 Å². The van der Waals surface area contributed by atoms with Crippen molar-refractivity contribution >= 4 is 54.5 Å². The zero-order valence-corrected chi connectivity index (χ0v) is 25.4. The van der Waals surface area contributed by atoms with Crippen LogP contribution in [0.4, 0.5) is 0 Å². The third-order valence-electron chi connectivity index (χ3n) is 4.83. The summed E-state index contributed by atoms with van der Waals surface area (Å²) in [5.41, 5.74) is 2.18. The van der Waals surface area contributed by atoms with Gasteiger partial charge in [-0.2, -0.15) is 0 Å². The van der Waals surface area contributed by atoms with Crippen LogP contribution in [0.5, 0.6) is 0 Å².